The summed E-state index contributed by atoms with van der Waals surface area (Å²) in [6.07, 6.45) is 6.68. The Bertz CT molecular complexity index is 143. The van der Waals surface area contributed by atoms with Gasteiger partial charge in [-0.2, -0.15) is 0 Å². The van der Waals surface area contributed by atoms with Crippen LogP contribution in [-0.4, -0.2) is 43.6 Å². The van der Waals surface area contributed by atoms with Gasteiger partial charge in [0, 0.05) is 19.5 Å². The molecule has 0 aromatic carbocycles. The molecule has 1 heterocycles. The number of halogens is 1. The summed E-state index contributed by atoms with van der Waals surface area (Å²) in [5.41, 5.74) is 0. The van der Waals surface area contributed by atoms with Gasteiger partial charge >= 0.3 is 0 Å². The number of likely N-dealkylation sites (tertiary alicyclic amines) is 1. The Labute approximate surface area is 92.6 Å². The van der Waals surface area contributed by atoms with Crippen molar-refractivity contribution >= 4 is 11.6 Å². The van der Waals surface area contributed by atoms with Gasteiger partial charge in [-0.3, -0.25) is 0 Å². The first-order valence-electron chi connectivity index (χ1n) is 5.68. The first kappa shape index (κ1) is 12.3. The van der Waals surface area contributed by atoms with E-state index in [-0.39, 0.29) is 0 Å². The van der Waals surface area contributed by atoms with Crippen LogP contribution < -0.4 is 0 Å². The van der Waals surface area contributed by atoms with E-state index in [4.69, 9.17) is 16.3 Å². The molecule has 0 saturated carbocycles. The minimum atomic E-state index is 0.469. The van der Waals surface area contributed by atoms with Gasteiger partial charge in [-0.25, -0.2) is 0 Å². The normalized spacial score (nSPS) is 24.0. The van der Waals surface area contributed by atoms with Gasteiger partial charge in [0.05, 0.1) is 6.10 Å². The van der Waals surface area contributed by atoms with Crippen molar-refractivity contribution in [1.29, 1.82) is 0 Å². The second kappa shape index (κ2) is 7.49. The van der Waals surface area contributed by atoms with E-state index < -0.39 is 0 Å². The van der Waals surface area contributed by atoms with Crippen LogP contribution in [0.3, 0.4) is 0 Å². The molecule has 0 spiro atoms. The van der Waals surface area contributed by atoms with Crippen molar-refractivity contribution in [2.45, 2.75) is 38.2 Å². The lowest BCUT2D eigenvalue weighted by molar-refractivity contribution is 0.0309. The van der Waals surface area contributed by atoms with Crippen molar-refractivity contribution in [1.82, 2.24) is 4.90 Å². The van der Waals surface area contributed by atoms with E-state index in [2.05, 4.69) is 4.90 Å². The maximum absolute atomic E-state index is 5.64. The molecule has 1 aliphatic heterocycles. The van der Waals surface area contributed by atoms with Crippen molar-refractivity contribution in [3.8, 4) is 0 Å². The second-order valence-corrected chi connectivity index (χ2v) is 4.43. The molecule has 0 amide bonds. The molecule has 0 N–H and O–H groups in total. The van der Waals surface area contributed by atoms with Crippen molar-refractivity contribution in [3.05, 3.63) is 0 Å². The van der Waals surface area contributed by atoms with Gasteiger partial charge in [0.1, 0.15) is 0 Å². The van der Waals surface area contributed by atoms with Crippen LogP contribution >= 0.6 is 11.6 Å². The van der Waals surface area contributed by atoms with E-state index >= 15 is 0 Å². The smallest absolute Gasteiger partial charge is 0.0698 e. The molecular formula is C11H22ClNO. The summed E-state index contributed by atoms with van der Waals surface area (Å²) in [5.74, 6) is 0.806. The van der Waals surface area contributed by atoms with Crippen LogP contribution in [-0.2, 0) is 4.74 Å². The number of hydrogen-bond donors (Lipinski definition) is 0. The highest BCUT2D eigenvalue weighted by Crippen LogP contribution is 2.13. The fourth-order valence-electron chi connectivity index (χ4n) is 2.02. The molecular weight excluding hydrogens is 198 g/mol. The minimum absolute atomic E-state index is 0.469. The largest absolute Gasteiger partial charge is 0.380 e. The van der Waals surface area contributed by atoms with Crippen LogP contribution in [0, 0.1) is 0 Å². The quantitative estimate of drug-likeness (QED) is 0.503. The maximum atomic E-state index is 5.64. The maximum Gasteiger partial charge on any atom is 0.0698 e. The van der Waals surface area contributed by atoms with E-state index in [9.17, 15) is 0 Å². The summed E-state index contributed by atoms with van der Waals surface area (Å²) >= 11 is 5.64. The third-order valence-corrected chi connectivity index (χ3v) is 3.17. The summed E-state index contributed by atoms with van der Waals surface area (Å²) in [4.78, 5) is 2.52. The summed E-state index contributed by atoms with van der Waals surface area (Å²) in [7, 11) is 1.82. The Balaban J connectivity index is 2.05. The topological polar surface area (TPSA) is 12.5 Å². The van der Waals surface area contributed by atoms with Crippen LogP contribution in [0.5, 0.6) is 0 Å². The first-order chi connectivity index (χ1) is 6.86. The Morgan fingerprint density at radius 3 is 2.93 bits per heavy atom. The molecule has 1 saturated heterocycles. The first-order valence-corrected chi connectivity index (χ1v) is 6.21. The summed E-state index contributed by atoms with van der Waals surface area (Å²) in [5, 5.41) is 0. The predicted octanol–water partition coefficient (Wildman–Crippen LogP) is 2.51. The minimum Gasteiger partial charge on any atom is -0.380 e. The number of unbranched alkanes of at least 4 members (excludes halogenated alkanes) is 2. The molecule has 1 rings (SSSR count). The Kier molecular flexibility index (Phi) is 6.57. The summed E-state index contributed by atoms with van der Waals surface area (Å²) in [6.45, 7) is 3.59. The van der Waals surface area contributed by atoms with Gasteiger partial charge in [-0.05, 0) is 38.8 Å². The van der Waals surface area contributed by atoms with Gasteiger partial charge in [-0.15, -0.1) is 11.6 Å². The molecule has 0 aromatic heterocycles. The van der Waals surface area contributed by atoms with E-state index in [0.29, 0.717) is 6.10 Å². The van der Waals surface area contributed by atoms with Gasteiger partial charge in [0.25, 0.3) is 0 Å². The number of rotatable bonds is 6. The zero-order valence-corrected chi connectivity index (χ0v) is 9.93. The van der Waals surface area contributed by atoms with Crippen LogP contribution in [0.4, 0.5) is 0 Å². The number of ether oxygens (including phenoxy) is 1. The number of nitrogens with zero attached hydrogens (tertiary/aromatic N) is 1. The van der Waals surface area contributed by atoms with Crippen molar-refractivity contribution < 1.29 is 4.74 Å². The van der Waals surface area contributed by atoms with Crippen molar-refractivity contribution in [2.75, 3.05) is 32.6 Å². The number of alkyl halides is 1. The third kappa shape index (κ3) is 4.63. The van der Waals surface area contributed by atoms with Gasteiger partial charge in [-0.1, -0.05) is 6.42 Å². The highest BCUT2D eigenvalue weighted by molar-refractivity contribution is 6.17. The summed E-state index contributed by atoms with van der Waals surface area (Å²) in [6, 6.07) is 0. The molecule has 0 aromatic rings. The molecule has 1 unspecified atom stereocenters. The molecule has 0 radical (unpaired) electrons. The van der Waals surface area contributed by atoms with Crippen LogP contribution in [0.1, 0.15) is 32.1 Å². The van der Waals surface area contributed by atoms with Gasteiger partial charge in [0.15, 0.2) is 0 Å². The standard InChI is InChI=1S/C11H22ClNO/c1-14-11-6-5-9-13(10-11)8-4-2-3-7-12/h11H,2-10H2,1H3. The Hall–Kier alpha value is 0.210. The van der Waals surface area contributed by atoms with E-state index in [1.165, 1.54) is 38.8 Å². The lowest BCUT2D eigenvalue weighted by Crippen LogP contribution is -2.39. The molecule has 1 aliphatic rings. The highest BCUT2D eigenvalue weighted by Gasteiger charge is 2.18. The Morgan fingerprint density at radius 2 is 2.21 bits per heavy atom. The number of hydrogen-bond acceptors (Lipinski definition) is 2. The highest BCUT2D eigenvalue weighted by atomic mass is 35.5. The molecule has 3 heteroatoms. The SMILES string of the molecule is COC1CCCN(CCCCCCl)C1. The van der Waals surface area contributed by atoms with Crippen LogP contribution in [0.15, 0.2) is 0 Å². The monoisotopic (exact) mass is 219 g/mol. The van der Waals surface area contributed by atoms with Gasteiger partial charge < -0.3 is 9.64 Å². The zero-order chi connectivity index (χ0) is 10.2. The Morgan fingerprint density at radius 1 is 1.36 bits per heavy atom. The molecule has 0 aliphatic carbocycles. The van der Waals surface area contributed by atoms with Crippen molar-refractivity contribution in [2.24, 2.45) is 0 Å². The fourth-order valence-corrected chi connectivity index (χ4v) is 2.20. The lowest BCUT2D eigenvalue weighted by Gasteiger charge is -2.31. The summed E-state index contributed by atoms with van der Waals surface area (Å²) < 4.78 is 5.39. The molecule has 1 atom stereocenters. The number of methoxy groups -OCH3 is 1. The van der Waals surface area contributed by atoms with Crippen LogP contribution in [0.25, 0.3) is 0 Å². The average molecular weight is 220 g/mol. The molecule has 84 valence electrons. The molecule has 14 heavy (non-hydrogen) atoms. The third-order valence-electron chi connectivity index (χ3n) is 2.90. The number of piperidine rings is 1. The molecule has 1 fully saturated rings. The second-order valence-electron chi connectivity index (χ2n) is 4.05. The molecule has 0 bridgehead atoms. The van der Waals surface area contributed by atoms with Crippen molar-refractivity contribution in [3.63, 3.8) is 0 Å². The average Bonchev–Trinajstić information content (AvgIpc) is 2.25. The van der Waals surface area contributed by atoms with Crippen LogP contribution in [0.2, 0.25) is 0 Å². The van der Waals surface area contributed by atoms with E-state index in [1.807, 2.05) is 7.11 Å². The zero-order valence-electron chi connectivity index (χ0n) is 9.17. The molecule has 2 nitrogen and oxygen atoms in total. The fraction of sp³-hybridized carbons (Fsp3) is 1.00. The lowest BCUT2D eigenvalue weighted by atomic mass is 10.1. The van der Waals surface area contributed by atoms with E-state index in [0.717, 1.165) is 18.8 Å². The predicted molar refractivity (Wildman–Crippen MR) is 61.0 cm³/mol. The van der Waals surface area contributed by atoms with E-state index in [1.54, 1.807) is 0 Å². The van der Waals surface area contributed by atoms with Gasteiger partial charge in [0.2, 0.25) is 0 Å².